The smallest absolute Gasteiger partial charge is 0.354 e. The molecule has 0 amide bonds. The van der Waals surface area contributed by atoms with Crippen LogP contribution in [0.15, 0.2) is 53.5 Å². The lowest BCUT2D eigenvalue weighted by atomic mass is 10.0. The van der Waals surface area contributed by atoms with Crippen LogP contribution in [0.3, 0.4) is 0 Å². The number of halogens is 2. The third kappa shape index (κ3) is 9.09. The van der Waals surface area contributed by atoms with Gasteiger partial charge >= 0.3 is 5.69 Å². The van der Waals surface area contributed by atoms with Gasteiger partial charge in [-0.05, 0) is 74.1 Å². The second-order valence-corrected chi connectivity index (χ2v) is 13.0. The molecule has 4 rings (SSSR count). The molecule has 12 nitrogen and oxygen atoms in total. The van der Waals surface area contributed by atoms with E-state index in [9.17, 15) is 13.2 Å². The minimum atomic E-state index is -3.73. The molecule has 0 spiro atoms. The number of H-pyrrole nitrogens is 1. The average molecular weight is 646 g/mol. The summed E-state index contributed by atoms with van der Waals surface area (Å²) in [6, 6.07) is 11.8. The van der Waals surface area contributed by atoms with Gasteiger partial charge in [0.1, 0.15) is 5.65 Å². The highest BCUT2D eigenvalue weighted by molar-refractivity contribution is 7.89. The molecule has 2 heterocycles. The van der Waals surface area contributed by atoms with E-state index in [-0.39, 0.29) is 22.8 Å². The lowest BCUT2D eigenvalue weighted by molar-refractivity contribution is 0.502. The van der Waals surface area contributed by atoms with Gasteiger partial charge in [0.25, 0.3) is 0 Å². The van der Waals surface area contributed by atoms with E-state index in [0.717, 1.165) is 24.0 Å². The number of aromatic amines is 1. The maximum atomic E-state index is 15.1. The number of nitrogens with one attached hydrogen (secondary N) is 4. The molecule has 4 aromatic rings. The van der Waals surface area contributed by atoms with Gasteiger partial charge < -0.3 is 27.1 Å². The SMILES string of the molecule is C[C@H](N)CCCc1cc(Cl)c(F)c(-c2cc3cn(-c4ccc(CN[C@H](CCNC(=N)N)CS(N)(=O)=O)cc4)c(=O)nc3[nH]2)c1. The van der Waals surface area contributed by atoms with Crippen LogP contribution in [0.1, 0.15) is 37.3 Å². The summed E-state index contributed by atoms with van der Waals surface area (Å²) in [5.74, 6) is -1.04. The highest BCUT2D eigenvalue weighted by Gasteiger charge is 2.17. The molecule has 0 unspecified atom stereocenters. The summed E-state index contributed by atoms with van der Waals surface area (Å²) in [6.07, 6.45) is 4.39. The first-order valence-corrected chi connectivity index (χ1v) is 16.2. The Balaban J connectivity index is 1.52. The number of sulfonamides is 1. The zero-order valence-corrected chi connectivity index (χ0v) is 25.8. The van der Waals surface area contributed by atoms with Crippen LogP contribution in [-0.2, 0) is 23.0 Å². The first-order valence-electron chi connectivity index (χ1n) is 14.1. The fourth-order valence-electron chi connectivity index (χ4n) is 4.88. The van der Waals surface area contributed by atoms with E-state index in [4.69, 9.17) is 33.6 Å². The van der Waals surface area contributed by atoms with E-state index in [1.54, 1.807) is 48.7 Å². The Kier molecular flexibility index (Phi) is 10.8. The molecule has 15 heteroatoms. The summed E-state index contributed by atoms with van der Waals surface area (Å²) in [5.41, 5.74) is 14.0. The molecule has 236 valence electrons. The molecule has 0 aliphatic carbocycles. The monoisotopic (exact) mass is 645 g/mol. The number of aryl methyl sites for hydroxylation is 1. The van der Waals surface area contributed by atoms with Gasteiger partial charge in [-0.3, -0.25) is 9.98 Å². The van der Waals surface area contributed by atoms with E-state index < -0.39 is 27.6 Å². The third-order valence-corrected chi connectivity index (χ3v) is 8.20. The minimum Gasteiger partial charge on any atom is -0.370 e. The van der Waals surface area contributed by atoms with Crippen molar-refractivity contribution in [2.24, 2.45) is 16.6 Å². The van der Waals surface area contributed by atoms with E-state index in [1.165, 1.54) is 4.57 Å². The molecular weight excluding hydrogens is 609 g/mol. The van der Waals surface area contributed by atoms with Crippen molar-refractivity contribution in [3.05, 3.63) is 81.1 Å². The first kappa shape index (κ1) is 33.1. The molecule has 2 aromatic heterocycles. The standard InChI is InChI=1S/C29H37ClFN9O3S/c1-17(32)3-2-4-19-11-23(26(31)24(30)12-19)25-13-20-15-40(29(41)39-27(20)38-25)22-7-5-18(6-8-22)14-37-21(16-44(35,42)43)9-10-36-28(33)34/h5-8,11-13,15,17,21,37H,2-4,9-10,14,16,32H2,1H3,(H4,33,34,36)(H2,35,42,43)(H,38,39,41)/t17-,21+/m0/s1. The Morgan fingerprint density at radius 3 is 2.57 bits per heavy atom. The lowest BCUT2D eigenvalue weighted by Crippen LogP contribution is -2.41. The van der Waals surface area contributed by atoms with Crippen LogP contribution in [0.2, 0.25) is 5.02 Å². The highest BCUT2D eigenvalue weighted by atomic mass is 35.5. The Labute approximate surface area is 259 Å². The summed E-state index contributed by atoms with van der Waals surface area (Å²) >= 11 is 6.22. The molecule has 10 N–H and O–H groups in total. The van der Waals surface area contributed by atoms with Gasteiger partial charge in [0.15, 0.2) is 11.8 Å². The Morgan fingerprint density at radius 2 is 1.91 bits per heavy atom. The van der Waals surface area contributed by atoms with Gasteiger partial charge in [-0.15, -0.1) is 0 Å². The zero-order chi connectivity index (χ0) is 32.0. The molecule has 0 bridgehead atoms. The molecule has 0 saturated carbocycles. The van der Waals surface area contributed by atoms with Crippen molar-refractivity contribution in [2.75, 3.05) is 12.3 Å². The Morgan fingerprint density at radius 1 is 1.18 bits per heavy atom. The number of aromatic nitrogens is 3. The highest BCUT2D eigenvalue weighted by Crippen LogP contribution is 2.31. The molecule has 0 fully saturated rings. The van der Waals surface area contributed by atoms with Crippen molar-refractivity contribution in [1.82, 2.24) is 25.2 Å². The van der Waals surface area contributed by atoms with E-state index >= 15 is 4.39 Å². The number of fused-ring (bicyclic) bond motifs is 1. The first-order chi connectivity index (χ1) is 20.8. The van der Waals surface area contributed by atoms with Gasteiger partial charge in [-0.2, -0.15) is 4.98 Å². The fourth-order valence-corrected chi connectivity index (χ4v) is 5.97. The second kappa shape index (κ2) is 14.3. The largest absolute Gasteiger partial charge is 0.370 e. The number of guanidine groups is 1. The zero-order valence-electron chi connectivity index (χ0n) is 24.2. The fraction of sp³-hybridized carbons (Fsp3) is 0.345. The van der Waals surface area contributed by atoms with E-state index in [2.05, 4.69) is 20.6 Å². The second-order valence-electron chi connectivity index (χ2n) is 10.9. The molecule has 2 aromatic carbocycles. The molecule has 2 atom stereocenters. The molecule has 0 aliphatic heterocycles. The number of primary sulfonamides is 1. The molecule has 0 saturated heterocycles. The van der Waals surface area contributed by atoms with Crippen molar-refractivity contribution in [3.8, 4) is 16.9 Å². The van der Waals surface area contributed by atoms with Gasteiger partial charge in [0.2, 0.25) is 10.0 Å². The predicted molar refractivity (Wildman–Crippen MR) is 172 cm³/mol. The number of nitrogens with zero attached hydrogens (tertiary/aromatic N) is 2. The van der Waals surface area contributed by atoms with Gasteiger partial charge in [0, 0.05) is 42.3 Å². The van der Waals surface area contributed by atoms with Crippen molar-refractivity contribution in [3.63, 3.8) is 0 Å². The van der Waals surface area contributed by atoms with Crippen molar-refractivity contribution in [1.29, 1.82) is 5.41 Å². The Hall–Kier alpha value is -3.82. The summed E-state index contributed by atoms with van der Waals surface area (Å²) in [7, 11) is -3.73. The van der Waals surface area contributed by atoms with Crippen LogP contribution in [-0.4, -0.2) is 53.3 Å². The van der Waals surface area contributed by atoms with Crippen LogP contribution < -0.4 is 32.9 Å². The van der Waals surface area contributed by atoms with Crippen LogP contribution in [0.25, 0.3) is 28.0 Å². The number of nitrogens with two attached hydrogens (primary N) is 3. The van der Waals surface area contributed by atoms with Gasteiger partial charge in [-0.1, -0.05) is 23.7 Å². The van der Waals surface area contributed by atoms with Crippen LogP contribution in [0, 0.1) is 11.2 Å². The quantitative estimate of drug-likeness (QED) is 0.0797. The van der Waals surface area contributed by atoms with Gasteiger partial charge in [-0.25, -0.2) is 22.7 Å². The molecule has 0 radical (unpaired) electrons. The van der Waals surface area contributed by atoms with Crippen LogP contribution in [0.4, 0.5) is 4.39 Å². The van der Waals surface area contributed by atoms with Crippen LogP contribution >= 0.6 is 11.6 Å². The topological polar surface area (TPSA) is 211 Å². The predicted octanol–water partition coefficient (Wildman–Crippen LogP) is 2.46. The average Bonchev–Trinajstić information content (AvgIpc) is 3.34. The van der Waals surface area contributed by atoms with E-state index in [0.29, 0.717) is 53.9 Å². The normalized spacial score (nSPS) is 13.2. The summed E-state index contributed by atoms with van der Waals surface area (Å²) < 4.78 is 39.8. The third-order valence-electron chi connectivity index (χ3n) is 7.06. The summed E-state index contributed by atoms with van der Waals surface area (Å²) in [4.78, 5) is 20.1. The number of hydrogen-bond donors (Lipinski definition) is 7. The molecule has 44 heavy (non-hydrogen) atoms. The maximum absolute atomic E-state index is 15.1. The summed E-state index contributed by atoms with van der Waals surface area (Å²) in [6.45, 7) is 2.59. The Bertz CT molecular complexity index is 1790. The molecule has 0 aliphatic rings. The number of hydrogen-bond acceptors (Lipinski definition) is 7. The van der Waals surface area contributed by atoms with E-state index in [1.807, 2.05) is 6.92 Å². The number of rotatable bonds is 14. The van der Waals surface area contributed by atoms with Gasteiger partial charge in [0.05, 0.1) is 22.2 Å². The lowest BCUT2D eigenvalue weighted by Gasteiger charge is -2.18. The summed E-state index contributed by atoms with van der Waals surface area (Å²) in [5, 5.41) is 18.9. The van der Waals surface area contributed by atoms with Crippen molar-refractivity contribution >= 4 is 38.6 Å². The number of benzene rings is 2. The maximum Gasteiger partial charge on any atom is 0.354 e. The molecular formula is C29H37ClFN9O3S. The van der Waals surface area contributed by atoms with Crippen molar-refractivity contribution in [2.45, 2.75) is 51.2 Å². The van der Waals surface area contributed by atoms with Crippen molar-refractivity contribution < 1.29 is 12.8 Å². The van der Waals surface area contributed by atoms with Crippen LogP contribution in [0.5, 0.6) is 0 Å². The minimum absolute atomic E-state index is 0.0165.